The SMILES string of the molecule is CC1(NCc2ccncc2)CCCOC1. The molecule has 0 spiro atoms. The van der Waals surface area contributed by atoms with Crippen LogP contribution in [0.1, 0.15) is 25.3 Å². The van der Waals surface area contributed by atoms with Crippen LogP contribution in [0.5, 0.6) is 0 Å². The van der Waals surface area contributed by atoms with Crippen molar-refractivity contribution in [3.05, 3.63) is 30.1 Å². The lowest BCUT2D eigenvalue weighted by Crippen LogP contribution is -2.48. The van der Waals surface area contributed by atoms with Gasteiger partial charge in [0.1, 0.15) is 0 Å². The molecule has 1 aromatic rings. The normalized spacial score (nSPS) is 26.5. The average Bonchev–Trinajstić information content (AvgIpc) is 2.29. The molecule has 1 aliphatic heterocycles. The third kappa shape index (κ3) is 3.01. The van der Waals surface area contributed by atoms with Crippen LogP contribution in [0.3, 0.4) is 0 Å². The van der Waals surface area contributed by atoms with E-state index in [1.54, 1.807) is 0 Å². The fourth-order valence-electron chi connectivity index (χ4n) is 1.89. The quantitative estimate of drug-likeness (QED) is 0.818. The maximum atomic E-state index is 5.50. The first-order chi connectivity index (χ1) is 7.29. The van der Waals surface area contributed by atoms with E-state index < -0.39 is 0 Å². The number of nitrogens with zero attached hydrogens (tertiary/aromatic N) is 1. The van der Waals surface area contributed by atoms with Gasteiger partial charge < -0.3 is 10.1 Å². The van der Waals surface area contributed by atoms with E-state index in [-0.39, 0.29) is 5.54 Å². The minimum absolute atomic E-state index is 0.140. The first kappa shape index (κ1) is 10.6. The number of nitrogens with one attached hydrogen (secondary N) is 1. The number of hydrogen-bond donors (Lipinski definition) is 1. The maximum Gasteiger partial charge on any atom is 0.0645 e. The maximum absolute atomic E-state index is 5.50. The summed E-state index contributed by atoms with van der Waals surface area (Å²) in [7, 11) is 0. The van der Waals surface area contributed by atoms with Crippen LogP contribution < -0.4 is 5.32 Å². The van der Waals surface area contributed by atoms with Gasteiger partial charge in [-0.2, -0.15) is 0 Å². The molecule has 2 heterocycles. The van der Waals surface area contributed by atoms with Crippen molar-refractivity contribution in [3.8, 4) is 0 Å². The van der Waals surface area contributed by atoms with E-state index >= 15 is 0 Å². The molecule has 1 aliphatic rings. The molecule has 1 saturated heterocycles. The lowest BCUT2D eigenvalue weighted by Gasteiger charge is -2.34. The smallest absolute Gasteiger partial charge is 0.0645 e. The van der Waals surface area contributed by atoms with Crippen LogP contribution >= 0.6 is 0 Å². The highest BCUT2D eigenvalue weighted by atomic mass is 16.5. The minimum atomic E-state index is 0.140. The van der Waals surface area contributed by atoms with Crippen LogP contribution in [-0.4, -0.2) is 23.7 Å². The fourth-order valence-corrected chi connectivity index (χ4v) is 1.89. The Morgan fingerprint density at radius 3 is 2.93 bits per heavy atom. The molecule has 82 valence electrons. The molecule has 0 aromatic carbocycles. The van der Waals surface area contributed by atoms with Crippen molar-refractivity contribution in [2.45, 2.75) is 31.8 Å². The van der Waals surface area contributed by atoms with E-state index in [1.807, 2.05) is 24.5 Å². The van der Waals surface area contributed by atoms with Crippen LogP contribution in [0.25, 0.3) is 0 Å². The lowest BCUT2D eigenvalue weighted by atomic mass is 9.94. The molecule has 1 fully saturated rings. The van der Waals surface area contributed by atoms with Gasteiger partial charge in [0, 0.05) is 31.1 Å². The predicted octanol–water partition coefficient (Wildman–Crippen LogP) is 1.74. The highest BCUT2D eigenvalue weighted by Crippen LogP contribution is 2.18. The predicted molar refractivity (Wildman–Crippen MR) is 59.5 cm³/mol. The summed E-state index contributed by atoms with van der Waals surface area (Å²) < 4.78 is 5.50. The van der Waals surface area contributed by atoms with E-state index in [9.17, 15) is 0 Å². The molecule has 0 amide bonds. The molecule has 15 heavy (non-hydrogen) atoms. The lowest BCUT2D eigenvalue weighted by molar-refractivity contribution is 0.0278. The number of rotatable bonds is 3. The van der Waals surface area contributed by atoms with Crippen LogP contribution in [-0.2, 0) is 11.3 Å². The monoisotopic (exact) mass is 206 g/mol. The van der Waals surface area contributed by atoms with Gasteiger partial charge >= 0.3 is 0 Å². The van der Waals surface area contributed by atoms with Crippen molar-refractivity contribution >= 4 is 0 Å². The zero-order valence-corrected chi connectivity index (χ0v) is 9.20. The van der Waals surface area contributed by atoms with Crippen LogP contribution in [0, 0.1) is 0 Å². The molecule has 3 nitrogen and oxygen atoms in total. The summed E-state index contributed by atoms with van der Waals surface area (Å²) in [5.41, 5.74) is 1.42. The second-order valence-electron chi connectivity index (χ2n) is 4.43. The van der Waals surface area contributed by atoms with Gasteiger partial charge in [0.25, 0.3) is 0 Å². The van der Waals surface area contributed by atoms with E-state index in [0.717, 1.165) is 26.2 Å². The van der Waals surface area contributed by atoms with Gasteiger partial charge in [0.05, 0.1) is 6.61 Å². The standard InChI is InChI=1S/C12H18N2O/c1-12(5-2-8-15-10-12)14-9-11-3-6-13-7-4-11/h3-4,6-7,14H,2,5,8-10H2,1H3. The van der Waals surface area contributed by atoms with Crippen molar-refractivity contribution < 1.29 is 4.74 Å². The van der Waals surface area contributed by atoms with Crippen molar-refractivity contribution in [1.82, 2.24) is 10.3 Å². The molecule has 1 aromatic heterocycles. The van der Waals surface area contributed by atoms with E-state index in [1.165, 1.54) is 12.0 Å². The summed E-state index contributed by atoms with van der Waals surface area (Å²) in [6.45, 7) is 4.85. The second-order valence-corrected chi connectivity index (χ2v) is 4.43. The van der Waals surface area contributed by atoms with E-state index in [2.05, 4.69) is 17.2 Å². The molecule has 1 N–H and O–H groups in total. The van der Waals surface area contributed by atoms with Gasteiger partial charge in [-0.3, -0.25) is 4.98 Å². The molecule has 2 rings (SSSR count). The van der Waals surface area contributed by atoms with Gasteiger partial charge in [-0.25, -0.2) is 0 Å². The second kappa shape index (κ2) is 4.73. The molecule has 1 unspecified atom stereocenters. The largest absolute Gasteiger partial charge is 0.380 e. The van der Waals surface area contributed by atoms with Crippen molar-refractivity contribution in [1.29, 1.82) is 0 Å². The summed E-state index contributed by atoms with van der Waals surface area (Å²) in [5, 5.41) is 3.56. The molecule has 0 aliphatic carbocycles. The highest BCUT2D eigenvalue weighted by molar-refractivity contribution is 5.09. The first-order valence-corrected chi connectivity index (χ1v) is 5.50. The van der Waals surface area contributed by atoms with Gasteiger partial charge in [-0.1, -0.05) is 0 Å². The summed E-state index contributed by atoms with van der Waals surface area (Å²) in [6, 6.07) is 4.08. The Bertz CT molecular complexity index is 294. The Labute approximate surface area is 90.9 Å². The number of aromatic nitrogens is 1. The number of pyridine rings is 1. The van der Waals surface area contributed by atoms with Gasteiger partial charge in [-0.05, 0) is 37.5 Å². The van der Waals surface area contributed by atoms with E-state index in [4.69, 9.17) is 4.74 Å². The van der Waals surface area contributed by atoms with Crippen LogP contribution in [0.2, 0.25) is 0 Å². The Morgan fingerprint density at radius 2 is 2.27 bits per heavy atom. The average molecular weight is 206 g/mol. The summed E-state index contributed by atoms with van der Waals surface area (Å²) in [6.07, 6.45) is 6.01. The van der Waals surface area contributed by atoms with Crippen LogP contribution in [0.4, 0.5) is 0 Å². The Kier molecular flexibility index (Phi) is 3.34. The Balaban J connectivity index is 1.87. The third-order valence-electron chi connectivity index (χ3n) is 2.91. The first-order valence-electron chi connectivity index (χ1n) is 5.50. The molecule has 0 saturated carbocycles. The zero-order valence-electron chi connectivity index (χ0n) is 9.20. The van der Waals surface area contributed by atoms with Crippen molar-refractivity contribution in [2.24, 2.45) is 0 Å². The molecular weight excluding hydrogens is 188 g/mol. The number of hydrogen-bond acceptors (Lipinski definition) is 3. The molecule has 0 radical (unpaired) electrons. The summed E-state index contributed by atoms with van der Waals surface area (Å²) >= 11 is 0. The fraction of sp³-hybridized carbons (Fsp3) is 0.583. The van der Waals surface area contributed by atoms with Gasteiger partial charge in [0.2, 0.25) is 0 Å². The topological polar surface area (TPSA) is 34.2 Å². The molecule has 1 atom stereocenters. The number of ether oxygens (including phenoxy) is 1. The third-order valence-corrected chi connectivity index (χ3v) is 2.91. The molecule has 0 bridgehead atoms. The van der Waals surface area contributed by atoms with Crippen molar-refractivity contribution in [3.63, 3.8) is 0 Å². The van der Waals surface area contributed by atoms with Crippen molar-refractivity contribution in [2.75, 3.05) is 13.2 Å². The Hall–Kier alpha value is -0.930. The zero-order chi connectivity index (χ0) is 10.6. The van der Waals surface area contributed by atoms with Gasteiger partial charge in [0.15, 0.2) is 0 Å². The molecular formula is C12H18N2O. The Morgan fingerprint density at radius 1 is 1.47 bits per heavy atom. The molecule has 3 heteroatoms. The summed E-state index contributed by atoms with van der Waals surface area (Å²) in [4.78, 5) is 4.01. The summed E-state index contributed by atoms with van der Waals surface area (Å²) in [5.74, 6) is 0. The van der Waals surface area contributed by atoms with E-state index in [0.29, 0.717) is 0 Å². The highest BCUT2D eigenvalue weighted by Gasteiger charge is 2.26. The van der Waals surface area contributed by atoms with Gasteiger partial charge in [-0.15, -0.1) is 0 Å². The van der Waals surface area contributed by atoms with Crippen LogP contribution in [0.15, 0.2) is 24.5 Å². The minimum Gasteiger partial charge on any atom is -0.380 e.